The van der Waals surface area contributed by atoms with E-state index in [9.17, 15) is 9.59 Å². The van der Waals surface area contributed by atoms with Crippen LogP contribution in [0.2, 0.25) is 0 Å². The van der Waals surface area contributed by atoms with Crippen LogP contribution in [0.3, 0.4) is 0 Å². The summed E-state index contributed by atoms with van der Waals surface area (Å²) >= 11 is 1.47. The highest BCUT2D eigenvalue weighted by molar-refractivity contribution is 7.15. The smallest absolute Gasteiger partial charge is 0.258 e. The van der Waals surface area contributed by atoms with Gasteiger partial charge in [-0.15, -0.1) is 11.3 Å². The Morgan fingerprint density at radius 3 is 2.85 bits per heavy atom. The minimum atomic E-state index is -0.0309. The Morgan fingerprint density at radius 2 is 2.07 bits per heavy atom. The van der Waals surface area contributed by atoms with Crippen molar-refractivity contribution in [3.63, 3.8) is 0 Å². The van der Waals surface area contributed by atoms with E-state index in [-0.39, 0.29) is 17.5 Å². The van der Waals surface area contributed by atoms with E-state index in [2.05, 4.69) is 15.2 Å². The van der Waals surface area contributed by atoms with Gasteiger partial charge in [0.2, 0.25) is 0 Å². The van der Waals surface area contributed by atoms with E-state index in [0.717, 1.165) is 47.7 Å². The maximum Gasteiger partial charge on any atom is 0.258 e. The summed E-state index contributed by atoms with van der Waals surface area (Å²) in [6, 6.07) is 9.46. The van der Waals surface area contributed by atoms with Gasteiger partial charge >= 0.3 is 0 Å². The first-order chi connectivity index (χ1) is 13.1. The zero-order chi connectivity index (χ0) is 18.8. The van der Waals surface area contributed by atoms with E-state index in [1.165, 1.54) is 11.3 Å². The summed E-state index contributed by atoms with van der Waals surface area (Å²) < 4.78 is 1.57. The number of aromatic nitrogens is 2. The molecule has 1 aliphatic heterocycles. The van der Waals surface area contributed by atoms with Crippen molar-refractivity contribution in [3.8, 4) is 0 Å². The highest BCUT2D eigenvalue weighted by Crippen LogP contribution is 2.15. The van der Waals surface area contributed by atoms with Crippen LogP contribution in [0, 0.1) is 6.92 Å². The van der Waals surface area contributed by atoms with Gasteiger partial charge in [0, 0.05) is 48.9 Å². The topological polar surface area (TPSA) is 66.7 Å². The van der Waals surface area contributed by atoms with Gasteiger partial charge in [0.25, 0.3) is 11.5 Å². The standard InChI is InChI=1S/C20H22N4O2S/c1-14-4-2-3-5-17(14)19(26)21-15-6-8-23(9-7-15)13-16-12-18(25)24-10-11-27-20(24)22-16/h2-5,10-12,15H,6-9,13H2,1H3,(H,21,26). The summed E-state index contributed by atoms with van der Waals surface area (Å²) in [7, 11) is 0. The first kappa shape index (κ1) is 17.9. The van der Waals surface area contributed by atoms with Gasteiger partial charge in [-0.2, -0.15) is 0 Å². The molecule has 7 heteroatoms. The van der Waals surface area contributed by atoms with Crippen LogP contribution in [0.4, 0.5) is 0 Å². The predicted octanol–water partition coefficient (Wildman–Crippen LogP) is 2.46. The molecule has 1 N–H and O–H groups in total. The van der Waals surface area contributed by atoms with Crippen molar-refractivity contribution in [2.75, 3.05) is 13.1 Å². The number of nitrogens with one attached hydrogen (secondary N) is 1. The second-order valence-electron chi connectivity index (χ2n) is 6.98. The number of carbonyl (C=O) groups excluding carboxylic acids is 1. The summed E-state index contributed by atoms with van der Waals surface area (Å²) in [5, 5.41) is 5.03. The Hall–Kier alpha value is -2.51. The SMILES string of the molecule is Cc1ccccc1C(=O)NC1CCN(Cc2cc(=O)n3ccsc3n2)CC1. The number of likely N-dealkylation sites (tertiary alicyclic amines) is 1. The summed E-state index contributed by atoms with van der Waals surface area (Å²) in [5.74, 6) is 0.00406. The van der Waals surface area contributed by atoms with Crippen molar-refractivity contribution < 1.29 is 4.79 Å². The minimum absolute atomic E-state index is 0.00406. The van der Waals surface area contributed by atoms with Crippen molar-refractivity contribution in [2.24, 2.45) is 0 Å². The number of hydrogen-bond donors (Lipinski definition) is 1. The number of piperidine rings is 1. The van der Waals surface area contributed by atoms with Crippen LogP contribution in [0.15, 0.2) is 46.7 Å². The third-order valence-electron chi connectivity index (χ3n) is 5.05. The predicted molar refractivity (Wildman–Crippen MR) is 106 cm³/mol. The quantitative estimate of drug-likeness (QED) is 0.753. The fourth-order valence-electron chi connectivity index (χ4n) is 3.52. The second-order valence-corrected chi connectivity index (χ2v) is 7.85. The van der Waals surface area contributed by atoms with Crippen LogP contribution < -0.4 is 10.9 Å². The van der Waals surface area contributed by atoms with Crippen molar-refractivity contribution in [2.45, 2.75) is 32.4 Å². The third-order valence-corrected chi connectivity index (χ3v) is 5.81. The lowest BCUT2D eigenvalue weighted by atomic mass is 10.0. The highest BCUT2D eigenvalue weighted by Gasteiger charge is 2.22. The lowest BCUT2D eigenvalue weighted by molar-refractivity contribution is 0.0908. The van der Waals surface area contributed by atoms with Crippen molar-refractivity contribution >= 4 is 22.2 Å². The summed E-state index contributed by atoms with van der Waals surface area (Å²) in [6.45, 7) is 4.38. The zero-order valence-electron chi connectivity index (χ0n) is 15.2. The normalized spacial score (nSPS) is 15.9. The Labute approximate surface area is 161 Å². The molecule has 2 aromatic heterocycles. The number of aryl methyl sites for hydroxylation is 1. The van der Waals surface area contributed by atoms with Crippen molar-refractivity contribution in [3.05, 3.63) is 69.1 Å². The number of amides is 1. The fourth-order valence-corrected chi connectivity index (χ4v) is 4.26. The van der Waals surface area contributed by atoms with Crippen LogP contribution >= 0.6 is 11.3 Å². The van der Waals surface area contributed by atoms with E-state index in [0.29, 0.717) is 6.54 Å². The van der Waals surface area contributed by atoms with Gasteiger partial charge in [0.1, 0.15) is 0 Å². The van der Waals surface area contributed by atoms with Gasteiger partial charge in [-0.1, -0.05) is 18.2 Å². The van der Waals surface area contributed by atoms with Gasteiger partial charge in [-0.05, 0) is 31.4 Å². The molecular formula is C20H22N4O2S. The Balaban J connectivity index is 1.34. The minimum Gasteiger partial charge on any atom is -0.349 e. The van der Waals surface area contributed by atoms with Gasteiger partial charge in [0.05, 0.1) is 5.69 Å². The molecule has 27 heavy (non-hydrogen) atoms. The number of nitrogens with zero attached hydrogens (tertiary/aromatic N) is 3. The van der Waals surface area contributed by atoms with Gasteiger partial charge < -0.3 is 5.32 Å². The van der Waals surface area contributed by atoms with E-state index in [1.54, 1.807) is 16.7 Å². The maximum atomic E-state index is 12.5. The molecule has 0 aliphatic carbocycles. The summed E-state index contributed by atoms with van der Waals surface area (Å²) in [5.41, 5.74) is 2.52. The lowest BCUT2D eigenvalue weighted by Crippen LogP contribution is -2.44. The molecule has 4 rings (SSSR count). The number of rotatable bonds is 4. The lowest BCUT2D eigenvalue weighted by Gasteiger charge is -2.32. The van der Waals surface area contributed by atoms with E-state index in [4.69, 9.17) is 0 Å². The largest absolute Gasteiger partial charge is 0.349 e. The zero-order valence-corrected chi connectivity index (χ0v) is 16.0. The van der Waals surface area contributed by atoms with Crippen molar-refractivity contribution in [1.29, 1.82) is 0 Å². The molecule has 3 aromatic rings. The van der Waals surface area contributed by atoms with Crippen LogP contribution in [-0.4, -0.2) is 39.3 Å². The molecular weight excluding hydrogens is 360 g/mol. The molecule has 1 saturated heterocycles. The van der Waals surface area contributed by atoms with E-state index < -0.39 is 0 Å². The number of thiazole rings is 1. The van der Waals surface area contributed by atoms with E-state index in [1.807, 2.05) is 36.6 Å². The first-order valence-corrected chi connectivity index (χ1v) is 10.0. The summed E-state index contributed by atoms with van der Waals surface area (Å²) in [6.07, 6.45) is 3.55. The average Bonchev–Trinajstić information content (AvgIpc) is 3.13. The fraction of sp³-hybridized carbons (Fsp3) is 0.350. The number of hydrogen-bond acceptors (Lipinski definition) is 5. The first-order valence-electron chi connectivity index (χ1n) is 9.15. The Morgan fingerprint density at radius 1 is 1.30 bits per heavy atom. The molecule has 6 nitrogen and oxygen atoms in total. The van der Waals surface area contributed by atoms with Gasteiger partial charge in [0.15, 0.2) is 4.96 Å². The van der Waals surface area contributed by atoms with Crippen LogP contribution in [0.5, 0.6) is 0 Å². The number of benzene rings is 1. The summed E-state index contributed by atoms with van der Waals surface area (Å²) in [4.78, 5) is 32.2. The molecule has 140 valence electrons. The molecule has 1 fully saturated rings. The van der Waals surface area contributed by atoms with Crippen molar-refractivity contribution in [1.82, 2.24) is 19.6 Å². The molecule has 0 saturated carbocycles. The molecule has 3 heterocycles. The molecule has 1 aromatic carbocycles. The Bertz CT molecular complexity index is 1020. The monoisotopic (exact) mass is 382 g/mol. The molecule has 0 bridgehead atoms. The maximum absolute atomic E-state index is 12.5. The second kappa shape index (κ2) is 7.62. The van der Waals surface area contributed by atoms with Gasteiger partial charge in [-0.25, -0.2) is 4.98 Å². The van der Waals surface area contributed by atoms with E-state index >= 15 is 0 Å². The average molecular weight is 382 g/mol. The number of fused-ring (bicyclic) bond motifs is 1. The Kier molecular flexibility index (Phi) is 5.05. The molecule has 0 unspecified atom stereocenters. The molecule has 1 aliphatic rings. The molecule has 0 radical (unpaired) electrons. The van der Waals surface area contributed by atoms with Gasteiger partial charge in [-0.3, -0.25) is 18.9 Å². The van der Waals surface area contributed by atoms with Crippen LogP contribution in [0.25, 0.3) is 4.96 Å². The van der Waals surface area contributed by atoms with Crippen LogP contribution in [0.1, 0.15) is 34.5 Å². The molecule has 0 atom stereocenters. The highest BCUT2D eigenvalue weighted by atomic mass is 32.1. The molecule has 1 amide bonds. The van der Waals surface area contributed by atoms with Crippen LogP contribution in [-0.2, 0) is 6.54 Å². The number of carbonyl (C=O) groups is 1. The third kappa shape index (κ3) is 3.94. The molecule has 0 spiro atoms.